The summed E-state index contributed by atoms with van der Waals surface area (Å²) in [6.07, 6.45) is -1.86. The summed E-state index contributed by atoms with van der Waals surface area (Å²) in [5.41, 5.74) is 6.78. The summed E-state index contributed by atoms with van der Waals surface area (Å²) >= 11 is 0. The van der Waals surface area contributed by atoms with Crippen LogP contribution in [0.3, 0.4) is 0 Å². The van der Waals surface area contributed by atoms with E-state index in [0.29, 0.717) is 17.7 Å². The number of likely N-dealkylation sites (tertiary alicyclic amines) is 1. The lowest BCUT2D eigenvalue weighted by Gasteiger charge is -2.38. The van der Waals surface area contributed by atoms with Gasteiger partial charge in [-0.25, -0.2) is 0 Å². The molecule has 6 nitrogen and oxygen atoms in total. The van der Waals surface area contributed by atoms with Gasteiger partial charge in [-0.1, -0.05) is 17.3 Å². The largest absolute Gasteiger partial charge is 0.471 e. The standard InChI is InChI=1S/C17H19F3N4O2/c1-10(21)13-4-2-3-9-24(13)15(25)12-7-5-11(6-8-12)14-22-16(26-23-14)17(18,19)20/h5-8,10,13H,2-4,9,21H2,1H3. The Labute approximate surface area is 148 Å². The molecule has 140 valence electrons. The maximum atomic E-state index is 12.8. The second-order valence-corrected chi connectivity index (χ2v) is 6.42. The number of aromatic nitrogens is 2. The number of nitrogens with zero attached hydrogens (tertiary/aromatic N) is 3. The number of halogens is 3. The first kappa shape index (κ1) is 18.4. The number of carbonyl (C=O) groups excluding carboxylic acids is 1. The lowest BCUT2D eigenvalue weighted by Crippen LogP contribution is -2.51. The van der Waals surface area contributed by atoms with Gasteiger partial charge in [0.2, 0.25) is 5.82 Å². The summed E-state index contributed by atoms with van der Waals surface area (Å²) in [7, 11) is 0. The van der Waals surface area contributed by atoms with Crippen molar-refractivity contribution in [2.45, 2.75) is 44.4 Å². The zero-order chi connectivity index (χ0) is 18.9. The minimum atomic E-state index is -4.69. The van der Waals surface area contributed by atoms with Gasteiger partial charge < -0.3 is 15.2 Å². The van der Waals surface area contributed by atoms with Gasteiger partial charge in [-0.05, 0) is 38.3 Å². The third kappa shape index (κ3) is 3.72. The fraction of sp³-hybridized carbons (Fsp3) is 0.471. The SMILES string of the molecule is CC(N)C1CCCCN1C(=O)c1ccc(-c2noc(C(F)(F)F)n2)cc1. The fourth-order valence-corrected chi connectivity index (χ4v) is 3.14. The van der Waals surface area contributed by atoms with Crippen molar-refractivity contribution in [3.63, 3.8) is 0 Å². The number of piperidine rings is 1. The molecule has 2 unspecified atom stereocenters. The van der Waals surface area contributed by atoms with E-state index in [2.05, 4.69) is 14.7 Å². The lowest BCUT2D eigenvalue weighted by atomic mass is 9.96. The molecule has 0 saturated carbocycles. The Morgan fingerprint density at radius 2 is 2.00 bits per heavy atom. The number of rotatable bonds is 3. The molecule has 1 fully saturated rings. The van der Waals surface area contributed by atoms with Gasteiger partial charge in [-0.3, -0.25) is 4.79 Å². The molecule has 3 rings (SSSR count). The van der Waals surface area contributed by atoms with Gasteiger partial charge in [0.1, 0.15) is 0 Å². The average molecular weight is 368 g/mol. The highest BCUT2D eigenvalue weighted by atomic mass is 19.4. The van der Waals surface area contributed by atoms with E-state index in [4.69, 9.17) is 5.73 Å². The third-order valence-corrected chi connectivity index (χ3v) is 4.48. The van der Waals surface area contributed by atoms with Gasteiger partial charge >= 0.3 is 12.1 Å². The number of carbonyl (C=O) groups is 1. The van der Waals surface area contributed by atoms with Crippen LogP contribution in [0.1, 0.15) is 42.4 Å². The molecule has 2 aromatic rings. The summed E-state index contributed by atoms with van der Waals surface area (Å²) in [4.78, 5) is 17.9. The van der Waals surface area contributed by atoms with Crippen molar-refractivity contribution in [2.24, 2.45) is 5.73 Å². The Morgan fingerprint density at radius 1 is 1.31 bits per heavy atom. The van der Waals surface area contributed by atoms with Gasteiger partial charge in [0.25, 0.3) is 5.91 Å². The maximum Gasteiger partial charge on any atom is 0.471 e. The Morgan fingerprint density at radius 3 is 2.58 bits per heavy atom. The van der Waals surface area contributed by atoms with Crippen LogP contribution in [0, 0.1) is 0 Å². The van der Waals surface area contributed by atoms with Crippen molar-refractivity contribution in [3.05, 3.63) is 35.7 Å². The molecule has 2 atom stereocenters. The first-order valence-electron chi connectivity index (χ1n) is 8.35. The summed E-state index contributed by atoms with van der Waals surface area (Å²) < 4.78 is 41.8. The van der Waals surface area contributed by atoms with Crippen molar-refractivity contribution >= 4 is 5.91 Å². The van der Waals surface area contributed by atoms with Crippen LogP contribution in [-0.2, 0) is 6.18 Å². The summed E-state index contributed by atoms with van der Waals surface area (Å²) in [5.74, 6) is -1.72. The van der Waals surface area contributed by atoms with E-state index < -0.39 is 12.1 Å². The summed E-state index contributed by atoms with van der Waals surface area (Å²) in [6.45, 7) is 2.53. The number of benzene rings is 1. The first-order chi connectivity index (χ1) is 12.3. The first-order valence-corrected chi connectivity index (χ1v) is 8.35. The van der Waals surface area contributed by atoms with Crippen LogP contribution in [0.4, 0.5) is 13.2 Å². The number of amides is 1. The van der Waals surface area contributed by atoms with Gasteiger partial charge in [0, 0.05) is 29.8 Å². The second-order valence-electron chi connectivity index (χ2n) is 6.42. The van der Waals surface area contributed by atoms with Gasteiger partial charge in [-0.15, -0.1) is 0 Å². The quantitative estimate of drug-likeness (QED) is 0.900. The molecular formula is C17H19F3N4O2. The molecule has 1 aromatic heterocycles. The zero-order valence-electron chi connectivity index (χ0n) is 14.2. The van der Waals surface area contributed by atoms with E-state index >= 15 is 0 Å². The molecule has 2 heterocycles. The minimum absolute atomic E-state index is 0.0116. The molecule has 1 aliphatic heterocycles. The van der Waals surface area contributed by atoms with Crippen LogP contribution in [0.2, 0.25) is 0 Å². The number of hydrogen-bond donors (Lipinski definition) is 1. The van der Waals surface area contributed by atoms with Crippen LogP contribution in [0.25, 0.3) is 11.4 Å². The number of hydrogen-bond acceptors (Lipinski definition) is 5. The fourth-order valence-electron chi connectivity index (χ4n) is 3.14. The van der Waals surface area contributed by atoms with Crippen molar-refractivity contribution < 1.29 is 22.5 Å². The Balaban J connectivity index is 1.78. The van der Waals surface area contributed by atoms with Gasteiger partial charge in [0.15, 0.2) is 0 Å². The van der Waals surface area contributed by atoms with Crippen LogP contribution in [-0.4, -0.2) is 39.6 Å². The molecule has 2 N–H and O–H groups in total. The smallest absolute Gasteiger partial charge is 0.334 e. The van der Waals surface area contributed by atoms with Crippen molar-refractivity contribution in [2.75, 3.05) is 6.54 Å². The summed E-state index contributed by atoms with van der Waals surface area (Å²) in [6, 6.07) is 5.97. The molecule has 1 amide bonds. The molecule has 0 radical (unpaired) electrons. The van der Waals surface area contributed by atoms with E-state index in [-0.39, 0.29) is 23.8 Å². The van der Waals surface area contributed by atoms with Crippen LogP contribution in [0.15, 0.2) is 28.8 Å². The van der Waals surface area contributed by atoms with E-state index in [0.717, 1.165) is 19.3 Å². The predicted molar refractivity (Wildman–Crippen MR) is 87.1 cm³/mol. The van der Waals surface area contributed by atoms with Gasteiger partial charge in [-0.2, -0.15) is 18.2 Å². The number of nitrogens with two attached hydrogens (primary N) is 1. The highest BCUT2D eigenvalue weighted by Gasteiger charge is 2.38. The van der Waals surface area contributed by atoms with E-state index in [1.807, 2.05) is 6.92 Å². The van der Waals surface area contributed by atoms with Crippen LogP contribution in [0.5, 0.6) is 0 Å². The lowest BCUT2D eigenvalue weighted by molar-refractivity contribution is -0.159. The van der Waals surface area contributed by atoms with Crippen molar-refractivity contribution in [3.8, 4) is 11.4 Å². The van der Waals surface area contributed by atoms with E-state index in [1.54, 1.807) is 17.0 Å². The van der Waals surface area contributed by atoms with Gasteiger partial charge in [0.05, 0.1) is 0 Å². The third-order valence-electron chi connectivity index (χ3n) is 4.48. The second kappa shape index (κ2) is 7.06. The Bertz CT molecular complexity index is 771. The molecule has 1 aromatic carbocycles. The maximum absolute atomic E-state index is 12.8. The molecule has 0 bridgehead atoms. The van der Waals surface area contributed by atoms with Crippen LogP contribution >= 0.6 is 0 Å². The highest BCUT2D eigenvalue weighted by molar-refractivity contribution is 5.95. The monoisotopic (exact) mass is 368 g/mol. The molecule has 1 saturated heterocycles. The molecular weight excluding hydrogens is 349 g/mol. The Hall–Kier alpha value is -2.42. The Kier molecular flexibility index (Phi) is 4.99. The van der Waals surface area contributed by atoms with E-state index in [9.17, 15) is 18.0 Å². The molecule has 0 spiro atoms. The molecule has 9 heteroatoms. The minimum Gasteiger partial charge on any atom is -0.334 e. The predicted octanol–water partition coefficient (Wildman–Crippen LogP) is 3.10. The van der Waals surface area contributed by atoms with E-state index in [1.165, 1.54) is 12.1 Å². The summed E-state index contributed by atoms with van der Waals surface area (Å²) in [5, 5.41) is 3.33. The molecule has 1 aliphatic rings. The topological polar surface area (TPSA) is 85.2 Å². The zero-order valence-corrected chi connectivity index (χ0v) is 14.2. The van der Waals surface area contributed by atoms with Crippen LogP contribution < -0.4 is 5.73 Å². The highest BCUT2D eigenvalue weighted by Crippen LogP contribution is 2.29. The normalized spacial score (nSPS) is 19.4. The average Bonchev–Trinajstić information content (AvgIpc) is 3.12. The molecule has 26 heavy (non-hydrogen) atoms. The molecule has 0 aliphatic carbocycles. The number of alkyl halides is 3. The van der Waals surface area contributed by atoms with Crippen molar-refractivity contribution in [1.29, 1.82) is 0 Å². The van der Waals surface area contributed by atoms with Crippen molar-refractivity contribution in [1.82, 2.24) is 15.0 Å².